The summed E-state index contributed by atoms with van der Waals surface area (Å²) in [4.78, 5) is 7.63. The Kier molecular flexibility index (Phi) is 2.14. The van der Waals surface area contributed by atoms with E-state index in [1.165, 1.54) is 5.69 Å². The van der Waals surface area contributed by atoms with Gasteiger partial charge in [-0.1, -0.05) is 20.8 Å². The molecule has 0 radical (unpaired) electrons. The highest BCUT2D eigenvalue weighted by molar-refractivity contribution is 9.10. The van der Waals surface area contributed by atoms with Gasteiger partial charge in [-0.3, -0.25) is 0 Å². The zero-order valence-electron chi connectivity index (χ0n) is 8.56. The number of H-pyrrole nitrogens is 1. The van der Waals surface area contributed by atoms with Gasteiger partial charge in [-0.15, -0.1) is 0 Å². The molecular weight excluding hydrogens is 240 g/mol. The average Bonchev–Trinajstić information content (AvgIpc) is 2.48. The summed E-state index contributed by atoms with van der Waals surface area (Å²) in [7, 11) is 0. The van der Waals surface area contributed by atoms with Gasteiger partial charge in [-0.25, -0.2) is 4.98 Å². The molecule has 0 unspecified atom stereocenters. The second-order valence-corrected chi connectivity index (χ2v) is 5.34. The second-order valence-electron chi connectivity index (χ2n) is 4.49. The van der Waals surface area contributed by atoms with Crippen LogP contribution in [0.1, 0.15) is 26.5 Å². The van der Waals surface area contributed by atoms with Crippen LogP contribution in [0.15, 0.2) is 22.8 Å². The first kappa shape index (κ1) is 9.71. The number of nitrogens with one attached hydrogen (secondary N) is 1. The van der Waals surface area contributed by atoms with E-state index in [0.717, 1.165) is 15.5 Å². The SMILES string of the molecule is CC(C)(C)c1cc2c(Br)ccnc2[nH]1. The fourth-order valence-electron chi connectivity index (χ4n) is 1.40. The predicted octanol–water partition coefficient (Wildman–Crippen LogP) is 3.62. The fraction of sp³-hybridized carbons (Fsp3) is 0.364. The number of fused-ring (bicyclic) bond motifs is 1. The van der Waals surface area contributed by atoms with Crippen LogP contribution in [0.3, 0.4) is 0 Å². The lowest BCUT2D eigenvalue weighted by molar-refractivity contribution is 0.574. The highest BCUT2D eigenvalue weighted by atomic mass is 79.9. The van der Waals surface area contributed by atoms with E-state index in [0.29, 0.717) is 0 Å². The van der Waals surface area contributed by atoms with Gasteiger partial charge in [0, 0.05) is 27.2 Å². The standard InChI is InChI=1S/C11H13BrN2/c1-11(2,3)9-6-7-8(12)4-5-13-10(7)14-9/h4-6H,1-3H3,(H,13,14). The molecule has 0 spiro atoms. The Bertz CT molecular complexity index is 466. The largest absolute Gasteiger partial charge is 0.343 e. The maximum Gasteiger partial charge on any atom is 0.138 e. The highest BCUT2D eigenvalue weighted by Crippen LogP contribution is 2.28. The molecule has 3 heteroatoms. The van der Waals surface area contributed by atoms with Gasteiger partial charge in [0.05, 0.1) is 0 Å². The molecule has 0 aliphatic heterocycles. The molecule has 0 fully saturated rings. The molecule has 0 bridgehead atoms. The van der Waals surface area contributed by atoms with E-state index in [1.807, 2.05) is 6.07 Å². The molecule has 2 heterocycles. The third-order valence-electron chi connectivity index (χ3n) is 2.29. The van der Waals surface area contributed by atoms with Gasteiger partial charge in [-0.2, -0.15) is 0 Å². The summed E-state index contributed by atoms with van der Waals surface area (Å²) >= 11 is 3.52. The topological polar surface area (TPSA) is 28.7 Å². The number of hydrogen-bond donors (Lipinski definition) is 1. The fourth-order valence-corrected chi connectivity index (χ4v) is 1.82. The van der Waals surface area contributed by atoms with E-state index in [9.17, 15) is 0 Å². The molecule has 0 saturated heterocycles. The minimum absolute atomic E-state index is 0.139. The van der Waals surface area contributed by atoms with Crippen molar-refractivity contribution >= 4 is 27.0 Å². The summed E-state index contributed by atoms with van der Waals surface area (Å²) in [6.45, 7) is 6.56. The Morgan fingerprint density at radius 1 is 1.36 bits per heavy atom. The molecule has 0 aliphatic rings. The minimum Gasteiger partial charge on any atom is -0.343 e. The first-order valence-corrected chi connectivity index (χ1v) is 5.41. The minimum atomic E-state index is 0.139. The van der Waals surface area contributed by atoms with Crippen molar-refractivity contribution in [3.8, 4) is 0 Å². The van der Waals surface area contributed by atoms with E-state index < -0.39 is 0 Å². The van der Waals surface area contributed by atoms with Gasteiger partial charge in [-0.05, 0) is 28.1 Å². The normalized spacial score (nSPS) is 12.3. The van der Waals surface area contributed by atoms with Crippen molar-refractivity contribution in [3.05, 3.63) is 28.5 Å². The average molecular weight is 253 g/mol. The van der Waals surface area contributed by atoms with Gasteiger partial charge in [0.15, 0.2) is 0 Å². The summed E-state index contributed by atoms with van der Waals surface area (Å²) in [5, 5.41) is 1.15. The number of nitrogens with zero attached hydrogens (tertiary/aromatic N) is 1. The van der Waals surface area contributed by atoms with Crippen LogP contribution in [-0.4, -0.2) is 9.97 Å². The summed E-state index contributed by atoms with van der Waals surface area (Å²) in [6.07, 6.45) is 1.80. The Morgan fingerprint density at radius 2 is 2.07 bits per heavy atom. The van der Waals surface area contributed by atoms with E-state index in [1.54, 1.807) is 6.20 Å². The first-order chi connectivity index (χ1) is 6.48. The van der Waals surface area contributed by atoms with Crippen LogP contribution in [0.4, 0.5) is 0 Å². The van der Waals surface area contributed by atoms with Gasteiger partial charge in [0.1, 0.15) is 5.65 Å². The Hall–Kier alpha value is -0.830. The van der Waals surface area contributed by atoms with Crippen LogP contribution >= 0.6 is 15.9 Å². The molecule has 2 aromatic heterocycles. The third kappa shape index (κ3) is 1.57. The summed E-state index contributed by atoms with van der Waals surface area (Å²) in [5.74, 6) is 0. The molecule has 0 atom stereocenters. The number of aromatic amines is 1. The monoisotopic (exact) mass is 252 g/mol. The molecular formula is C11H13BrN2. The predicted molar refractivity (Wildman–Crippen MR) is 62.5 cm³/mol. The number of pyridine rings is 1. The van der Waals surface area contributed by atoms with Gasteiger partial charge in [0.2, 0.25) is 0 Å². The molecule has 0 amide bonds. The van der Waals surface area contributed by atoms with Gasteiger partial charge >= 0.3 is 0 Å². The van der Waals surface area contributed by atoms with Gasteiger partial charge < -0.3 is 4.98 Å². The Morgan fingerprint density at radius 3 is 2.64 bits per heavy atom. The third-order valence-corrected chi connectivity index (χ3v) is 2.98. The van der Waals surface area contributed by atoms with Crippen molar-refractivity contribution in [1.82, 2.24) is 9.97 Å². The van der Waals surface area contributed by atoms with E-state index in [4.69, 9.17) is 0 Å². The van der Waals surface area contributed by atoms with E-state index in [2.05, 4.69) is 52.7 Å². The van der Waals surface area contributed by atoms with Crippen LogP contribution in [0, 0.1) is 0 Å². The Balaban J connectivity index is 2.69. The maximum absolute atomic E-state index is 4.29. The van der Waals surface area contributed by atoms with Crippen LogP contribution < -0.4 is 0 Å². The zero-order chi connectivity index (χ0) is 10.3. The first-order valence-electron chi connectivity index (χ1n) is 4.62. The van der Waals surface area contributed by atoms with Crippen LogP contribution in [0.5, 0.6) is 0 Å². The maximum atomic E-state index is 4.29. The molecule has 0 aromatic carbocycles. The molecule has 74 valence electrons. The second kappa shape index (κ2) is 3.09. The number of hydrogen-bond acceptors (Lipinski definition) is 1. The van der Waals surface area contributed by atoms with Crippen LogP contribution in [-0.2, 0) is 5.41 Å². The van der Waals surface area contributed by atoms with Crippen LogP contribution in [0.2, 0.25) is 0 Å². The van der Waals surface area contributed by atoms with Crippen molar-refractivity contribution < 1.29 is 0 Å². The van der Waals surface area contributed by atoms with E-state index >= 15 is 0 Å². The molecule has 14 heavy (non-hydrogen) atoms. The van der Waals surface area contributed by atoms with Crippen molar-refractivity contribution in [2.45, 2.75) is 26.2 Å². The van der Waals surface area contributed by atoms with Crippen LogP contribution in [0.25, 0.3) is 11.0 Å². The van der Waals surface area contributed by atoms with Crippen molar-refractivity contribution in [1.29, 1.82) is 0 Å². The molecule has 2 rings (SSSR count). The highest BCUT2D eigenvalue weighted by Gasteiger charge is 2.17. The quantitative estimate of drug-likeness (QED) is 0.763. The summed E-state index contributed by atoms with van der Waals surface area (Å²) < 4.78 is 1.09. The molecule has 2 aromatic rings. The Labute approximate surface area is 91.9 Å². The summed E-state index contributed by atoms with van der Waals surface area (Å²) in [5.41, 5.74) is 2.30. The van der Waals surface area contributed by atoms with Crippen molar-refractivity contribution in [3.63, 3.8) is 0 Å². The molecule has 0 saturated carbocycles. The summed E-state index contributed by atoms with van der Waals surface area (Å²) in [6, 6.07) is 4.12. The smallest absolute Gasteiger partial charge is 0.138 e. The van der Waals surface area contributed by atoms with Crippen molar-refractivity contribution in [2.24, 2.45) is 0 Å². The number of halogens is 1. The van der Waals surface area contributed by atoms with Gasteiger partial charge in [0.25, 0.3) is 0 Å². The molecule has 0 aliphatic carbocycles. The number of aromatic nitrogens is 2. The van der Waals surface area contributed by atoms with Crippen molar-refractivity contribution in [2.75, 3.05) is 0 Å². The molecule has 1 N–H and O–H groups in total. The number of rotatable bonds is 0. The van der Waals surface area contributed by atoms with E-state index in [-0.39, 0.29) is 5.41 Å². The lowest BCUT2D eigenvalue weighted by Gasteiger charge is -2.15. The molecule has 2 nitrogen and oxygen atoms in total. The lowest BCUT2D eigenvalue weighted by Crippen LogP contribution is -2.11. The zero-order valence-corrected chi connectivity index (χ0v) is 10.1. The lowest BCUT2D eigenvalue weighted by atomic mass is 9.92.